The van der Waals surface area contributed by atoms with Gasteiger partial charge in [0.1, 0.15) is 17.1 Å². The van der Waals surface area contributed by atoms with Crippen LogP contribution in [-0.4, -0.2) is 59.0 Å². The Morgan fingerprint density at radius 1 is 1.02 bits per heavy atom. The Morgan fingerprint density at radius 3 is 2.43 bits per heavy atom. The SMILES string of the molecule is COc1cccc2c1CC[C@H]1CNC(CCn3c(=O)[nH]c4cc5c(cc4c3=O)OCO5)[C@@H]21.Cl.O=C(O)c1cc2c(cc1O)OCO2. The van der Waals surface area contributed by atoms with Crippen molar-refractivity contribution in [1.82, 2.24) is 14.9 Å². The van der Waals surface area contributed by atoms with Gasteiger partial charge in [-0.15, -0.1) is 12.4 Å². The molecular weight excluding hydrogens is 622 g/mol. The van der Waals surface area contributed by atoms with Crippen molar-refractivity contribution in [3.8, 4) is 34.5 Å². The summed E-state index contributed by atoms with van der Waals surface area (Å²) in [5.41, 5.74) is 2.20. The molecule has 8 rings (SSSR count). The first kappa shape index (κ1) is 31.1. The van der Waals surface area contributed by atoms with Crippen LogP contribution < -0.4 is 40.3 Å². The van der Waals surface area contributed by atoms with Crippen LogP contribution in [0.3, 0.4) is 0 Å². The summed E-state index contributed by atoms with van der Waals surface area (Å²) in [6.45, 7) is 1.47. The molecule has 3 aromatic carbocycles. The van der Waals surface area contributed by atoms with Gasteiger partial charge in [-0.05, 0) is 55.0 Å². The van der Waals surface area contributed by atoms with E-state index in [1.54, 1.807) is 19.2 Å². The average Bonchev–Trinajstić information content (AvgIpc) is 3.79. The van der Waals surface area contributed by atoms with Crippen molar-refractivity contribution in [2.24, 2.45) is 5.92 Å². The summed E-state index contributed by atoms with van der Waals surface area (Å²) in [5, 5.41) is 22.0. The number of aromatic amines is 1. The van der Waals surface area contributed by atoms with Gasteiger partial charge in [-0.25, -0.2) is 9.59 Å². The Balaban J connectivity index is 0.000000223. The molecule has 3 aliphatic heterocycles. The maximum absolute atomic E-state index is 13.1. The maximum Gasteiger partial charge on any atom is 0.339 e. The number of halogens is 1. The zero-order valence-electron chi connectivity index (χ0n) is 24.7. The lowest BCUT2D eigenvalue weighted by Gasteiger charge is -2.32. The number of nitrogens with zero attached hydrogens (tertiary/aromatic N) is 1. The lowest BCUT2D eigenvalue weighted by Crippen LogP contribution is -2.38. The topological polar surface area (TPSA) is 171 Å². The number of carboxylic acid groups (broad SMARTS) is 1. The molecule has 4 aliphatic rings. The van der Waals surface area contributed by atoms with Gasteiger partial charge in [0.15, 0.2) is 23.0 Å². The average molecular weight is 654 g/mol. The number of phenols is 1. The number of methoxy groups -OCH3 is 1. The van der Waals surface area contributed by atoms with Crippen LogP contribution >= 0.6 is 12.4 Å². The number of H-pyrrole nitrogens is 1. The van der Waals surface area contributed by atoms with E-state index >= 15 is 0 Å². The third kappa shape index (κ3) is 5.45. The van der Waals surface area contributed by atoms with Crippen LogP contribution in [-0.2, 0) is 13.0 Å². The number of aromatic nitrogens is 2. The first-order valence-electron chi connectivity index (χ1n) is 14.6. The van der Waals surface area contributed by atoms with Crippen molar-refractivity contribution in [2.45, 2.75) is 37.8 Å². The number of benzene rings is 3. The summed E-state index contributed by atoms with van der Waals surface area (Å²) in [6.07, 6.45) is 2.83. The fourth-order valence-electron chi connectivity index (χ4n) is 6.82. The van der Waals surface area contributed by atoms with Crippen LogP contribution in [0.2, 0.25) is 0 Å². The minimum Gasteiger partial charge on any atom is -0.507 e. The molecule has 0 radical (unpaired) electrons. The molecule has 3 atom stereocenters. The Kier molecular flexibility index (Phi) is 8.45. The first-order valence-corrected chi connectivity index (χ1v) is 14.6. The highest BCUT2D eigenvalue weighted by molar-refractivity contribution is 5.92. The molecule has 1 saturated heterocycles. The van der Waals surface area contributed by atoms with Crippen molar-refractivity contribution in [1.29, 1.82) is 0 Å². The van der Waals surface area contributed by atoms with E-state index in [4.69, 9.17) is 28.8 Å². The fraction of sp³-hybridized carbons (Fsp3) is 0.344. The van der Waals surface area contributed by atoms with Crippen LogP contribution in [0.4, 0.5) is 0 Å². The molecule has 1 fully saturated rings. The first-order chi connectivity index (χ1) is 21.8. The van der Waals surface area contributed by atoms with E-state index in [-0.39, 0.29) is 48.9 Å². The zero-order valence-corrected chi connectivity index (χ0v) is 25.6. The molecule has 4 heterocycles. The Morgan fingerprint density at radius 2 is 1.72 bits per heavy atom. The van der Waals surface area contributed by atoms with Gasteiger partial charge in [0.05, 0.1) is 18.0 Å². The molecule has 1 aliphatic carbocycles. The Hall–Kier alpha value is -4.88. The quantitative estimate of drug-likeness (QED) is 0.249. The number of aromatic hydroxyl groups is 1. The van der Waals surface area contributed by atoms with Crippen molar-refractivity contribution in [3.63, 3.8) is 0 Å². The highest BCUT2D eigenvalue weighted by atomic mass is 35.5. The second-order valence-corrected chi connectivity index (χ2v) is 11.3. The van der Waals surface area contributed by atoms with Crippen LogP contribution in [0.1, 0.15) is 40.2 Å². The molecule has 0 amide bonds. The smallest absolute Gasteiger partial charge is 0.339 e. The summed E-state index contributed by atoms with van der Waals surface area (Å²) in [7, 11) is 1.72. The molecule has 0 bridgehead atoms. The number of hydrogen-bond donors (Lipinski definition) is 4. The summed E-state index contributed by atoms with van der Waals surface area (Å²) in [5.74, 6) is 2.13. The highest BCUT2D eigenvalue weighted by Gasteiger charge is 2.40. The number of carboxylic acids is 1. The number of nitrogens with one attached hydrogen (secondary N) is 2. The lowest BCUT2D eigenvalue weighted by atomic mass is 9.73. The minimum absolute atomic E-state index is 0. The largest absolute Gasteiger partial charge is 0.507 e. The predicted octanol–water partition coefficient (Wildman–Crippen LogP) is 3.38. The molecular formula is C32H32ClN3O10. The van der Waals surface area contributed by atoms with E-state index in [2.05, 4.69) is 22.4 Å². The van der Waals surface area contributed by atoms with Gasteiger partial charge in [-0.1, -0.05) is 12.1 Å². The predicted molar refractivity (Wildman–Crippen MR) is 167 cm³/mol. The van der Waals surface area contributed by atoms with Gasteiger partial charge in [0.2, 0.25) is 13.6 Å². The molecule has 242 valence electrons. The second kappa shape index (κ2) is 12.5. The fourth-order valence-corrected chi connectivity index (χ4v) is 6.82. The van der Waals surface area contributed by atoms with Crippen molar-refractivity contribution < 1.29 is 38.7 Å². The van der Waals surface area contributed by atoms with Crippen LogP contribution in [0.15, 0.2) is 52.1 Å². The Labute approximate surface area is 268 Å². The Bertz CT molecular complexity index is 1940. The second-order valence-electron chi connectivity index (χ2n) is 11.3. The molecule has 4 aromatic rings. The third-order valence-electron chi connectivity index (χ3n) is 8.96. The number of carbonyl (C=O) groups is 1. The molecule has 0 saturated carbocycles. The maximum atomic E-state index is 13.1. The van der Waals surface area contributed by atoms with Crippen molar-refractivity contribution in [3.05, 3.63) is 80.0 Å². The van der Waals surface area contributed by atoms with Crippen LogP contribution in [0.25, 0.3) is 10.9 Å². The third-order valence-corrected chi connectivity index (χ3v) is 8.96. The van der Waals surface area contributed by atoms with Gasteiger partial charge >= 0.3 is 11.7 Å². The van der Waals surface area contributed by atoms with Gasteiger partial charge in [-0.3, -0.25) is 9.36 Å². The number of ether oxygens (including phenoxy) is 5. The van der Waals surface area contributed by atoms with Crippen LogP contribution in [0.5, 0.6) is 34.5 Å². The molecule has 13 nitrogen and oxygen atoms in total. The monoisotopic (exact) mass is 653 g/mol. The van der Waals surface area contributed by atoms with Crippen molar-refractivity contribution >= 4 is 29.3 Å². The summed E-state index contributed by atoms with van der Waals surface area (Å²) in [4.78, 5) is 39.2. The summed E-state index contributed by atoms with van der Waals surface area (Å²) in [6, 6.07) is 12.2. The van der Waals surface area contributed by atoms with Crippen molar-refractivity contribution in [2.75, 3.05) is 27.2 Å². The number of rotatable bonds is 5. The minimum atomic E-state index is -1.20. The van der Waals surface area contributed by atoms with E-state index in [9.17, 15) is 19.5 Å². The van der Waals surface area contributed by atoms with Gasteiger partial charge in [0.25, 0.3) is 5.56 Å². The van der Waals surface area contributed by atoms with E-state index in [0.717, 1.165) is 25.1 Å². The van der Waals surface area contributed by atoms with Gasteiger partial charge in [-0.2, -0.15) is 0 Å². The summed E-state index contributed by atoms with van der Waals surface area (Å²) >= 11 is 0. The van der Waals surface area contributed by atoms with E-state index in [0.29, 0.717) is 58.7 Å². The van der Waals surface area contributed by atoms with Gasteiger partial charge in [0, 0.05) is 36.7 Å². The number of aromatic carboxylic acids is 1. The molecule has 14 heteroatoms. The lowest BCUT2D eigenvalue weighted by molar-refractivity contribution is 0.0693. The van der Waals surface area contributed by atoms with E-state index in [1.807, 2.05) is 6.07 Å². The molecule has 1 aromatic heterocycles. The van der Waals surface area contributed by atoms with Gasteiger partial charge < -0.3 is 44.2 Å². The molecule has 46 heavy (non-hydrogen) atoms. The zero-order chi connectivity index (χ0) is 31.2. The normalized spacial score (nSPS) is 19.8. The molecule has 0 spiro atoms. The van der Waals surface area contributed by atoms with E-state index in [1.165, 1.54) is 27.8 Å². The molecule has 4 N–H and O–H groups in total. The summed E-state index contributed by atoms with van der Waals surface area (Å²) < 4.78 is 27.5. The van der Waals surface area contributed by atoms with E-state index < -0.39 is 11.7 Å². The number of fused-ring (bicyclic) bond motifs is 6. The van der Waals surface area contributed by atoms with Crippen LogP contribution in [0, 0.1) is 5.92 Å². The standard InChI is InChI=1S/C24H25N3O5.C8H6O5.ClH/c1-30-19-4-2-3-15-14(19)6-5-13-11-25-17(22(13)15)7-8-27-23(28)16-9-20-21(32-12-31-20)10-18(16)26-24(27)29;9-5-2-7-6(12-3-13-7)1-4(5)8(10)11;/h2-4,9-10,13,17,22,25H,5-8,11-12H2,1H3,(H,26,29);1-2,9H,3H2,(H,10,11);1H/t13-,17?,22+;;/m0../s1. The molecule has 1 unspecified atom stereocenters. The highest BCUT2D eigenvalue weighted by Crippen LogP contribution is 2.45. The number of hydrogen-bond acceptors (Lipinski definition) is 10.